The van der Waals surface area contributed by atoms with E-state index in [2.05, 4.69) is 23.6 Å². The van der Waals surface area contributed by atoms with Gasteiger partial charge in [-0.3, -0.25) is 0 Å². The quantitative estimate of drug-likeness (QED) is 0.859. The molecule has 0 radical (unpaired) electrons. The van der Waals surface area contributed by atoms with E-state index in [-0.39, 0.29) is 0 Å². The largest absolute Gasteiger partial charge is 0.493 e. The highest BCUT2D eigenvalue weighted by Gasteiger charge is 2.18. The molecule has 0 saturated carbocycles. The molecule has 1 aliphatic rings. The maximum atomic E-state index is 5.67. The number of benzene rings is 1. The lowest BCUT2D eigenvalue weighted by Gasteiger charge is -2.21. The maximum Gasteiger partial charge on any atom is 0.161 e. The minimum Gasteiger partial charge on any atom is -0.493 e. The molecule has 0 amide bonds. The Hall–Kier alpha value is -1.78. The molecule has 0 saturated heterocycles. The summed E-state index contributed by atoms with van der Waals surface area (Å²) in [6.07, 6.45) is 2.18. The first-order chi connectivity index (χ1) is 9.81. The molecule has 0 spiro atoms. The van der Waals surface area contributed by atoms with Crippen LogP contribution in [0.15, 0.2) is 29.6 Å². The van der Waals surface area contributed by atoms with E-state index in [0.29, 0.717) is 13.2 Å². The summed E-state index contributed by atoms with van der Waals surface area (Å²) >= 11 is 1.72. The van der Waals surface area contributed by atoms with Gasteiger partial charge in [0, 0.05) is 4.88 Å². The standard InChI is InChI=1S/C16H16O3S/c1-17-15-7-12-10-19-9-11(6-13-4-3-5-20-13)14(12)8-16(15)18-2/h3-8H,9-10H2,1-2H3/b11-6+. The molecule has 0 aliphatic carbocycles. The van der Waals surface area contributed by atoms with E-state index < -0.39 is 0 Å². The second-order valence-corrected chi connectivity index (χ2v) is 5.52. The highest BCUT2D eigenvalue weighted by Crippen LogP contribution is 2.37. The fraction of sp³-hybridized carbons (Fsp3) is 0.250. The molecule has 1 aliphatic heterocycles. The predicted molar refractivity (Wildman–Crippen MR) is 81.4 cm³/mol. The second kappa shape index (κ2) is 5.69. The zero-order valence-corrected chi connectivity index (χ0v) is 12.3. The lowest BCUT2D eigenvalue weighted by atomic mass is 9.97. The van der Waals surface area contributed by atoms with Crippen molar-refractivity contribution in [1.82, 2.24) is 0 Å². The van der Waals surface area contributed by atoms with Gasteiger partial charge in [-0.15, -0.1) is 11.3 Å². The van der Waals surface area contributed by atoms with Crippen molar-refractivity contribution in [3.05, 3.63) is 45.6 Å². The Balaban J connectivity index is 2.08. The third kappa shape index (κ3) is 2.44. The zero-order valence-electron chi connectivity index (χ0n) is 11.5. The lowest BCUT2D eigenvalue weighted by Crippen LogP contribution is -2.09. The van der Waals surface area contributed by atoms with Gasteiger partial charge in [-0.05, 0) is 46.4 Å². The Morgan fingerprint density at radius 1 is 1.15 bits per heavy atom. The lowest BCUT2D eigenvalue weighted by molar-refractivity contribution is 0.146. The molecular weight excluding hydrogens is 272 g/mol. The van der Waals surface area contributed by atoms with Gasteiger partial charge in [-0.25, -0.2) is 0 Å². The fourth-order valence-corrected chi connectivity index (χ4v) is 3.03. The monoisotopic (exact) mass is 288 g/mol. The molecule has 0 fully saturated rings. The van der Waals surface area contributed by atoms with Crippen molar-refractivity contribution in [2.24, 2.45) is 0 Å². The van der Waals surface area contributed by atoms with Crippen LogP contribution in [0.2, 0.25) is 0 Å². The first-order valence-corrected chi connectivity index (χ1v) is 7.27. The normalized spacial score (nSPS) is 16.0. The van der Waals surface area contributed by atoms with Gasteiger partial charge in [-0.2, -0.15) is 0 Å². The number of fused-ring (bicyclic) bond motifs is 1. The van der Waals surface area contributed by atoms with Crippen LogP contribution < -0.4 is 9.47 Å². The highest BCUT2D eigenvalue weighted by atomic mass is 32.1. The maximum absolute atomic E-state index is 5.67. The molecular formula is C16H16O3S. The topological polar surface area (TPSA) is 27.7 Å². The second-order valence-electron chi connectivity index (χ2n) is 4.54. The van der Waals surface area contributed by atoms with E-state index in [1.807, 2.05) is 12.1 Å². The van der Waals surface area contributed by atoms with Gasteiger partial charge in [0.15, 0.2) is 11.5 Å². The fourth-order valence-electron chi connectivity index (χ4n) is 2.35. The molecule has 3 nitrogen and oxygen atoms in total. The first-order valence-electron chi connectivity index (χ1n) is 6.39. The smallest absolute Gasteiger partial charge is 0.161 e. The van der Waals surface area contributed by atoms with Crippen molar-refractivity contribution in [1.29, 1.82) is 0 Å². The van der Waals surface area contributed by atoms with E-state index in [1.54, 1.807) is 25.6 Å². The molecule has 3 rings (SSSR count). The van der Waals surface area contributed by atoms with E-state index in [4.69, 9.17) is 14.2 Å². The molecule has 4 heteroatoms. The summed E-state index contributed by atoms with van der Waals surface area (Å²) < 4.78 is 16.4. The molecule has 1 aromatic carbocycles. The van der Waals surface area contributed by atoms with Gasteiger partial charge in [0.2, 0.25) is 0 Å². The van der Waals surface area contributed by atoms with Crippen LogP contribution in [0, 0.1) is 0 Å². The number of thiophene rings is 1. The summed E-state index contributed by atoms with van der Waals surface area (Å²) in [5.41, 5.74) is 3.49. The Morgan fingerprint density at radius 2 is 1.95 bits per heavy atom. The van der Waals surface area contributed by atoms with Crippen molar-refractivity contribution in [2.75, 3.05) is 20.8 Å². The molecule has 0 N–H and O–H groups in total. The van der Waals surface area contributed by atoms with E-state index in [1.165, 1.54) is 16.0 Å². The zero-order chi connectivity index (χ0) is 13.9. The van der Waals surface area contributed by atoms with E-state index >= 15 is 0 Å². The molecule has 0 bridgehead atoms. The van der Waals surface area contributed by atoms with Crippen LogP contribution in [0.1, 0.15) is 16.0 Å². The van der Waals surface area contributed by atoms with Crippen molar-refractivity contribution >= 4 is 23.0 Å². The minimum absolute atomic E-state index is 0.609. The molecule has 20 heavy (non-hydrogen) atoms. The van der Waals surface area contributed by atoms with Crippen LogP contribution in [0.4, 0.5) is 0 Å². The first kappa shape index (κ1) is 13.2. The summed E-state index contributed by atoms with van der Waals surface area (Å²) in [4.78, 5) is 1.23. The number of hydrogen-bond acceptors (Lipinski definition) is 4. The number of hydrogen-bond donors (Lipinski definition) is 0. The SMILES string of the molecule is COc1cc2c(cc1OC)/C(=C/c1cccs1)COC2. The van der Waals surface area contributed by atoms with Crippen LogP contribution in [0.3, 0.4) is 0 Å². The highest BCUT2D eigenvalue weighted by molar-refractivity contribution is 7.10. The molecule has 1 aromatic heterocycles. The van der Waals surface area contributed by atoms with E-state index in [0.717, 1.165) is 17.1 Å². The van der Waals surface area contributed by atoms with Gasteiger partial charge in [-0.1, -0.05) is 6.07 Å². The molecule has 104 valence electrons. The van der Waals surface area contributed by atoms with E-state index in [9.17, 15) is 0 Å². The Morgan fingerprint density at radius 3 is 2.65 bits per heavy atom. The van der Waals surface area contributed by atoms with Gasteiger partial charge >= 0.3 is 0 Å². The van der Waals surface area contributed by atoms with Gasteiger partial charge in [0.05, 0.1) is 27.4 Å². The van der Waals surface area contributed by atoms with Gasteiger partial charge < -0.3 is 14.2 Å². The Bertz CT molecular complexity index is 629. The third-order valence-electron chi connectivity index (χ3n) is 3.33. The predicted octanol–water partition coefficient (Wildman–Crippen LogP) is 3.84. The van der Waals surface area contributed by atoms with Crippen LogP contribution in [-0.4, -0.2) is 20.8 Å². The summed E-state index contributed by atoms with van der Waals surface area (Å²) in [6, 6.07) is 8.19. The Kier molecular flexibility index (Phi) is 3.76. The molecule has 0 unspecified atom stereocenters. The van der Waals surface area contributed by atoms with Crippen LogP contribution in [-0.2, 0) is 11.3 Å². The number of ether oxygens (including phenoxy) is 3. The van der Waals surface area contributed by atoms with Crippen molar-refractivity contribution < 1.29 is 14.2 Å². The average molecular weight is 288 g/mol. The number of methoxy groups -OCH3 is 2. The molecule has 0 atom stereocenters. The van der Waals surface area contributed by atoms with Crippen LogP contribution >= 0.6 is 11.3 Å². The number of rotatable bonds is 3. The van der Waals surface area contributed by atoms with Crippen LogP contribution in [0.5, 0.6) is 11.5 Å². The Labute approximate surface area is 122 Å². The van der Waals surface area contributed by atoms with Gasteiger partial charge in [0.25, 0.3) is 0 Å². The summed E-state index contributed by atoms with van der Waals surface area (Å²) in [6.45, 7) is 1.23. The van der Waals surface area contributed by atoms with Gasteiger partial charge in [0.1, 0.15) is 0 Å². The third-order valence-corrected chi connectivity index (χ3v) is 4.15. The van der Waals surface area contributed by atoms with Crippen molar-refractivity contribution in [2.45, 2.75) is 6.61 Å². The molecule has 2 heterocycles. The summed E-state index contributed by atoms with van der Waals surface area (Å²) in [5, 5.41) is 2.07. The van der Waals surface area contributed by atoms with Crippen molar-refractivity contribution in [3.63, 3.8) is 0 Å². The minimum atomic E-state index is 0.609. The summed E-state index contributed by atoms with van der Waals surface area (Å²) in [7, 11) is 3.31. The molecule has 2 aromatic rings. The van der Waals surface area contributed by atoms with Crippen LogP contribution in [0.25, 0.3) is 11.6 Å². The average Bonchev–Trinajstić information content (AvgIpc) is 2.99. The summed E-state index contributed by atoms with van der Waals surface area (Å²) in [5.74, 6) is 1.50. The van der Waals surface area contributed by atoms with Crippen molar-refractivity contribution in [3.8, 4) is 11.5 Å².